The summed E-state index contributed by atoms with van der Waals surface area (Å²) >= 11 is 1.93. The van der Waals surface area contributed by atoms with Crippen LogP contribution in [0.25, 0.3) is 0 Å². The summed E-state index contributed by atoms with van der Waals surface area (Å²) in [5.41, 5.74) is 6.95. The minimum Gasteiger partial charge on any atom is -0.396 e. The molecule has 0 amide bonds. The Balaban J connectivity index is 2.02. The molecule has 3 atom stereocenters. The number of quaternary nitrogens is 1. The molecular formula is C12H21N4OS+. The van der Waals surface area contributed by atoms with Gasteiger partial charge in [0.05, 0.1) is 16.9 Å². The van der Waals surface area contributed by atoms with Crippen LogP contribution in [-0.2, 0) is 6.54 Å². The second-order valence-corrected chi connectivity index (χ2v) is 6.04. The smallest absolute Gasteiger partial charge is 0.136 e. The SMILES string of the molecule is Cc1ncc(C[NH+]2CS[C@@H](CCO)[C@@H]2C)c(N)n1. The van der Waals surface area contributed by atoms with Crippen molar-refractivity contribution in [2.75, 3.05) is 18.2 Å². The molecule has 1 aliphatic heterocycles. The number of hydrogen-bond donors (Lipinski definition) is 3. The Morgan fingerprint density at radius 3 is 3.06 bits per heavy atom. The van der Waals surface area contributed by atoms with Gasteiger partial charge in [-0.05, 0) is 20.3 Å². The van der Waals surface area contributed by atoms with E-state index in [9.17, 15) is 0 Å². The topological polar surface area (TPSA) is 76.5 Å². The zero-order chi connectivity index (χ0) is 13.1. The molecule has 2 heterocycles. The molecule has 0 aliphatic carbocycles. The molecule has 4 N–H and O–H groups in total. The number of aliphatic hydroxyl groups is 1. The van der Waals surface area contributed by atoms with Gasteiger partial charge in [0, 0.05) is 12.8 Å². The van der Waals surface area contributed by atoms with E-state index in [0.717, 1.165) is 24.4 Å². The largest absolute Gasteiger partial charge is 0.396 e. The van der Waals surface area contributed by atoms with E-state index in [-0.39, 0.29) is 6.61 Å². The molecule has 1 aromatic rings. The number of nitrogens with zero attached hydrogens (tertiary/aromatic N) is 2. The van der Waals surface area contributed by atoms with Crippen molar-refractivity contribution in [1.29, 1.82) is 0 Å². The standard InChI is InChI=1S/C12H20N4OS/c1-8-11(3-4-17)18-7-16(8)6-10-5-14-9(2)15-12(10)13/h5,8,11,17H,3-4,6-7H2,1-2H3,(H2,13,14,15)/p+1/t8-,11-/m0/s1. The third-order valence-electron chi connectivity index (χ3n) is 3.53. The molecule has 0 aromatic carbocycles. The lowest BCUT2D eigenvalue weighted by Gasteiger charge is -2.20. The third kappa shape index (κ3) is 2.93. The van der Waals surface area contributed by atoms with Gasteiger partial charge in [-0.25, -0.2) is 9.97 Å². The first-order chi connectivity index (χ1) is 8.61. The van der Waals surface area contributed by atoms with Gasteiger partial charge < -0.3 is 15.7 Å². The molecule has 1 aromatic heterocycles. The van der Waals surface area contributed by atoms with Gasteiger partial charge in [-0.2, -0.15) is 0 Å². The summed E-state index contributed by atoms with van der Waals surface area (Å²) in [6.07, 6.45) is 2.70. The highest BCUT2D eigenvalue weighted by Gasteiger charge is 2.35. The minimum absolute atomic E-state index is 0.269. The number of rotatable bonds is 4. The van der Waals surface area contributed by atoms with Crippen LogP contribution in [0.5, 0.6) is 0 Å². The molecular weight excluding hydrogens is 248 g/mol. The number of hydrogen-bond acceptors (Lipinski definition) is 5. The van der Waals surface area contributed by atoms with Crippen molar-refractivity contribution in [2.45, 2.75) is 38.1 Å². The summed E-state index contributed by atoms with van der Waals surface area (Å²) in [6, 6.07) is 0.530. The third-order valence-corrected chi connectivity index (χ3v) is 5.14. The van der Waals surface area contributed by atoms with Crippen LogP contribution in [0.3, 0.4) is 0 Å². The van der Waals surface area contributed by atoms with Gasteiger partial charge in [-0.1, -0.05) is 11.8 Å². The Morgan fingerprint density at radius 1 is 1.61 bits per heavy atom. The van der Waals surface area contributed by atoms with Crippen molar-refractivity contribution in [3.8, 4) is 0 Å². The predicted molar refractivity (Wildman–Crippen MR) is 73.3 cm³/mol. The van der Waals surface area contributed by atoms with E-state index in [4.69, 9.17) is 10.8 Å². The molecule has 1 fully saturated rings. The fourth-order valence-electron chi connectivity index (χ4n) is 2.32. The van der Waals surface area contributed by atoms with Crippen LogP contribution in [0.15, 0.2) is 6.20 Å². The number of nitrogens with one attached hydrogen (secondary N) is 1. The van der Waals surface area contributed by atoms with E-state index in [1.54, 1.807) is 0 Å². The molecule has 6 heteroatoms. The molecule has 100 valence electrons. The van der Waals surface area contributed by atoms with Gasteiger partial charge in [-0.15, -0.1) is 0 Å². The molecule has 0 bridgehead atoms. The van der Waals surface area contributed by atoms with E-state index in [2.05, 4.69) is 16.9 Å². The summed E-state index contributed by atoms with van der Waals surface area (Å²) in [5.74, 6) is 2.37. The van der Waals surface area contributed by atoms with E-state index in [0.29, 0.717) is 22.9 Å². The van der Waals surface area contributed by atoms with Crippen molar-refractivity contribution in [1.82, 2.24) is 9.97 Å². The molecule has 1 unspecified atom stereocenters. The monoisotopic (exact) mass is 269 g/mol. The highest BCUT2D eigenvalue weighted by molar-refractivity contribution is 7.99. The van der Waals surface area contributed by atoms with Crippen LogP contribution >= 0.6 is 11.8 Å². The van der Waals surface area contributed by atoms with Crippen LogP contribution < -0.4 is 10.6 Å². The number of thioether (sulfide) groups is 1. The first-order valence-corrected chi connectivity index (χ1v) is 7.31. The van der Waals surface area contributed by atoms with Gasteiger partial charge in [0.2, 0.25) is 0 Å². The summed E-state index contributed by atoms with van der Waals surface area (Å²) in [6.45, 7) is 5.22. The van der Waals surface area contributed by atoms with Gasteiger partial charge >= 0.3 is 0 Å². The molecule has 2 rings (SSSR count). The van der Waals surface area contributed by atoms with Crippen molar-refractivity contribution >= 4 is 17.6 Å². The van der Waals surface area contributed by atoms with Crippen LogP contribution in [0.4, 0.5) is 5.82 Å². The van der Waals surface area contributed by atoms with E-state index < -0.39 is 0 Å². The number of aryl methyl sites for hydroxylation is 1. The fourth-order valence-corrected chi connectivity index (χ4v) is 3.86. The molecule has 18 heavy (non-hydrogen) atoms. The molecule has 0 saturated carbocycles. The Kier molecular flexibility index (Phi) is 4.42. The van der Waals surface area contributed by atoms with Crippen LogP contribution in [0.1, 0.15) is 24.7 Å². The van der Waals surface area contributed by atoms with Crippen LogP contribution in [0.2, 0.25) is 0 Å². The van der Waals surface area contributed by atoms with Gasteiger partial charge in [0.25, 0.3) is 0 Å². The second kappa shape index (κ2) is 5.86. The number of anilines is 1. The summed E-state index contributed by atoms with van der Waals surface area (Å²) in [5, 5.41) is 9.57. The molecule has 1 aliphatic rings. The van der Waals surface area contributed by atoms with Crippen LogP contribution in [-0.4, -0.2) is 38.8 Å². The molecule has 1 saturated heterocycles. The second-order valence-electron chi connectivity index (χ2n) is 4.81. The summed E-state index contributed by atoms with van der Waals surface area (Å²) in [4.78, 5) is 9.90. The average molecular weight is 269 g/mol. The van der Waals surface area contributed by atoms with Gasteiger partial charge in [-0.3, -0.25) is 0 Å². The molecule has 0 radical (unpaired) electrons. The van der Waals surface area contributed by atoms with Gasteiger partial charge in [0.15, 0.2) is 0 Å². The first-order valence-electron chi connectivity index (χ1n) is 6.27. The van der Waals surface area contributed by atoms with E-state index >= 15 is 0 Å². The summed E-state index contributed by atoms with van der Waals surface area (Å²) < 4.78 is 0. The first kappa shape index (κ1) is 13.6. The Hall–Kier alpha value is -0.850. The Bertz CT molecular complexity index is 415. The van der Waals surface area contributed by atoms with Crippen LogP contribution in [0, 0.1) is 6.92 Å². The zero-order valence-electron chi connectivity index (χ0n) is 10.9. The van der Waals surface area contributed by atoms with Crippen molar-refractivity contribution in [3.63, 3.8) is 0 Å². The van der Waals surface area contributed by atoms with Crippen molar-refractivity contribution < 1.29 is 10.0 Å². The molecule has 5 nitrogen and oxygen atoms in total. The lowest BCUT2D eigenvalue weighted by Crippen LogP contribution is -3.12. The highest BCUT2D eigenvalue weighted by atomic mass is 32.2. The summed E-state index contributed by atoms with van der Waals surface area (Å²) in [7, 11) is 0. The predicted octanol–water partition coefficient (Wildman–Crippen LogP) is -0.404. The Morgan fingerprint density at radius 2 is 2.39 bits per heavy atom. The minimum atomic E-state index is 0.269. The molecule has 0 spiro atoms. The van der Waals surface area contributed by atoms with Crippen molar-refractivity contribution in [3.05, 3.63) is 17.6 Å². The zero-order valence-corrected chi connectivity index (χ0v) is 11.7. The number of nitrogens with two attached hydrogens (primary N) is 1. The fraction of sp³-hybridized carbons (Fsp3) is 0.667. The number of aliphatic hydroxyl groups excluding tert-OH is 1. The quantitative estimate of drug-likeness (QED) is 0.693. The normalized spacial score (nSPS) is 27.6. The van der Waals surface area contributed by atoms with E-state index in [1.807, 2.05) is 24.9 Å². The van der Waals surface area contributed by atoms with E-state index in [1.165, 1.54) is 4.90 Å². The maximum absolute atomic E-state index is 9.03. The number of aromatic nitrogens is 2. The number of nitrogen functional groups attached to an aromatic ring is 1. The highest BCUT2D eigenvalue weighted by Crippen LogP contribution is 2.20. The maximum atomic E-state index is 9.03. The average Bonchev–Trinajstić information content (AvgIpc) is 2.66. The lowest BCUT2D eigenvalue weighted by atomic mass is 10.1. The lowest BCUT2D eigenvalue weighted by molar-refractivity contribution is -0.919. The Labute approximate surface area is 112 Å². The van der Waals surface area contributed by atoms with Crippen molar-refractivity contribution in [2.24, 2.45) is 0 Å². The van der Waals surface area contributed by atoms with Gasteiger partial charge in [0.1, 0.15) is 24.1 Å². The maximum Gasteiger partial charge on any atom is 0.136 e.